The van der Waals surface area contributed by atoms with Crippen LogP contribution in [0.1, 0.15) is 18.5 Å². The van der Waals surface area contributed by atoms with E-state index in [1.807, 2.05) is 36.4 Å². The van der Waals surface area contributed by atoms with E-state index in [4.69, 9.17) is 4.74 Å². The Morgan fingerprint density at radius 1 is 1.10 bits per heavy atom. The van der Waals surface area contributed by atoms with E-state index in [0.717, 1.165) is 48.2 Å². The summed E-state index contributed by atoms with van der Waals surface area (Å²) in [7, 11) is 0. The van der Waals surface area contributed by atoms with E-state index >= 15 is 0 Å². The Hall–Kier alpha value is -2.97. The minimum atomic E-state index is 0.343. The van der Waals surface area contributed by atoms with E-state index in [-0.39, 0.29) is 0 Å². The van der Waals surface area contributed by atoms with Crippen LogP contribution in [-0.2, 0) is 6.54 Å². The number of halogens is 1. The van der Waals surface area contributed by atoms with Crippen LogP contribution in [0.25, 0.3) is 10.9 Å². The van der Waals surface area contributed by atoms with Gasteiger partial charge in [-0.05, 0) is 37.1 Å². The average molecular weight is 479 g/mol. The fraction of sp³-hybridized carbons (Fsp3) is 0.261. The molecule has 158 valence electrons. The van der Waals surface area contributed by atoms with Gasteiger partial charge in [0.1, 0.15) is 5.75 Å². The first kappa shape index (κ1) is 20.0. The van der Waals surface area contributed by atoms with Crippen LogP contribution in [0.3, 0.4) is 0 Å². The smallest absolute Gasteiger partial charge is 0.226 e. The highest BCUT2D eigenvalue weighted by Gasteiger charge is 2.21. The number of nitrogens with one attached hydrogen (secondary N) is 2. The van der Waals surface area contributed by atoms with Crippen molar-refractivity contribution in [1.82, 2.24) is 25.1 Å². The van der Waals surface area contributed by atoms with Crippen molar-refractivity contribution in [2.45, 2.75) is 25.4 Å². The lowest BCUT2D eigenvalue weighted by Crippen LogP contribution is -2.39. The molecule has 1 fully saturated rings. The van der Waals surface area contributed by atoms with Gasteiger partial charge in [-0.1, -0.05) is 40.2 Å². The van der Waals surface area contributed by atoms with Crippen molar-refractivity contribution in [3.63, 3.8) is 0 Å². The number of para-hydroxylation sites is 1. The second-order valence-corrected chi connectivity index (χ2v) is 8.61. The van der Waals surface area contributed by atoms with Crippen molar-refractivity contribution in [2.75, 3.05) is 18.4 Å². The minimum absolute atomic E-state index is 0.343. The number of aromatic amines is 1. The molecule has 0 bridgehead atoms. The summed E-state index contributed by atoms with van der Waals surface area (Å²) in [4.78, 5) is 11.4. The minimum Gasteiger partial charge on any atom is -0.439 e. The van der Waals surface area contributed by atoms with E-state index in [0.29, 0.717) is 17.9 Å². The molecule has 8 heteroatoms. The number of hydrogen-bond acceptors (Lipinski definition) is 6. The number of piperidine rings is 1. The van der Waals surface area contributed by atoms with Crippen molar-refractivity contribution in [2.24, 2.45) is 0 Å². The topological polar surface area (TPSA) is 79.0 Å². The van der Waals surface area contributed by atoms with Gasteiger partial charge in [-0.25, -0.2) is 4.98 Å². The largest absolute Gasteiger partial charge is 0.439 e. The van der Waals surface area contributed by atoms with Crippen molar-refractivity contribution in [3.8, 4) is 11.6 Å². The molecule has 0 radical (unpaired) electrons. The Morgan fingerprint density at radius 3 is 2.84 bits per heavy atom. The van der Waals surface area contributed by atoms with Crippen molar-refractivity contribution in [1.29, 1.82) is 0 Å². The van der Waals surface area contributed by atoms with E-state index in [1.54, 1.807) is 12.3 Å². The summed E-state index contributed by atoms with van der Waals surface area (Å²) in [5, 5.41) is 12.3. The second kappa shape index (κ2) is 9.03. The SMILES string of the molecule is Brc1cccc(Oc2ccnc(NC3CCN(Cc4[nH]nc5ccccc45)CC3)n2)c1. The summed E-state index contributed by atoms with van der Waals surface area (Å²) in [6.07, 6.45) is 3.79. The van der Waals surface area contributed by atoms with E-state index < -0.39 is 0 Å². The fourth-order valence-electron chi connectivity index (χ4n) is 3.90. The summed E-state index contributed by atoms with van der Waals surface area (Å²) in [5.74, 6) is 1.86. The van der Waals surface area contributed by atoms with Gasteiger partial charge in [0.25, 0.3) is 0 Å². The van der Waals surface area contributed by atoms with Crippen LogP contribution in [-0.4, -0.2) is 44.2 Å². The summed E-state index contributed by atoms with van der Waals surface area (Å²) in [5.41, 5.74) is 2.21. The van der Waals surface area contributed by atoms with Gasteiger partial charge in [-0.2, -0.15) is 10.1 Å². The zero-order chi connectivity index (χ0) is 21.0. The zero-order valence-electron chi connectivity index (χ0n) is 17.0. The molecule has 4 aromatic rings. The number of nitrogens with zero attached hydrogens (tertiary/aromatic N) is 4. The summed E-state index contributed by atoms with van der Waals surface area (Å²) < 4.78 is 6.83. The molecule has 0 atom stereocenters. The first-order chi connectivity index (χ1) is 15.2. The lowest BCUT2D eigenvalue weighted by molar-refractivity contribution is 0.209. The van der Waals surface area contributed by atoms with Gasteiger partial charge < -0.3 is 10.1 Å². The van der Waals surface area contributed by atoms with Crippen molar-refractivity contribution >= 4 is 32.8 Å². The molecule has 5 rings (SSSR count). The molecule has 1 saturated heterocycles. The third-order valence-corrected chi connectivity index (χ3v) is 5.98. The molecule has 7 nitrogen and oxygen atoms in total. The Kier molecular flexibility index (Phi) is 5.82. The fourth-order valence-corrected chi connectivity index (χ4v) is 4.27. The summed E-state index contributed by atoms with van der Waals surface area (Å²) in [6.45, 7) is 2.91. The normalized spacial score (nSPS) is 15.3. The Bertz CT molecular complexity index is 1170. The third-order valence-electron chi connectivity index (χ3n) is 5.49. The van der Waals surface area contributed by atoms with Crippen LogP contribution >= 0.6 is 15.9 Å². The number of fused-ring (bicyclic) bond motifs is 1. The maximum absolute atomic E-state index is 5.86. The number of H-pyrrole nitrogens is 1. The second-order valence-electron chi connectivity index (χ2n) is 7.69. The van der Waals surface area contributed by atoms with E-state index in [2.05, 4.69) is 58.4 Å². The standard InChI is InChI=1S/C23H23BrN6O/c24-16-4-3-5-18(14-16)31-22-8-11-25-23(27-22)26-17-9-12-30(13-10-17)15-21-19-6-1-2-7-20(19)28-29-21/h1-8,11,14,17H,9-10,12-13,15H2,(H,28,29)(H,25,26,27). The lowest BCUT2D eigenvalue weighted by Gasteiger charge is -2.32. The van der Waals surface area contributed by atoms with Crippen molar-refractivity contribution in [3.05, 3.63) is 71.0 Å². The van der Waals surface area contributed by atoms with Crippen LogP contribution in [0.2, 0.25) is 0 Å². The van der Waals surface area contributed by atoms with Crippen LogP contribution < -0.4 is 10.1 Å². The summed E-state index contributed by atoms with van der Waals surface area (Å²) >= 11 is 3.46. The van der Waals surface area contributed by atoms with Gasteiger partial charge in [-0.15, -0.1) is 0 Å². The molecular weight excluding hydrogens is 456 g/mol. The number of ether oxygens (including phenoxy) is 1. The predicted molar refractivity (Wildman–Crippen MR) is 124 cm³/mol. The molecule has 0 amide bonds. The molecule has 2 aromatic carbocycles. The first-order valence-electron chi connectivity index (χ1n) is 10.4. The molecule has 0 saturated carbocycles. The molecule has 0 spiro atoms. The monoisotopic (exact) mass is 478 g/mol. The van der Waals surface area contributed by atoms with Gasteiger partial charge in [0.2, 0.25) is 11.8 Å². The number of benzene rings is 2. The Morgan fingerprint density at radius 2 is 1.97 bits per heavy atom. The van der Waals surface area contributed by atoms with E-state index in [1.165, 1.54) is 11.1 Å². The molecule has 3 heterocycles. The van der Waals surface area contributed by atoms with Gasteiger partial charge >= 0.3 is 0 Å². The van der Waals surface area contributed by atoms with Crippen LogP contribution in [0.5, 0.6) is 11.6 Å². The van der Waals surface area contributed by atoms with Gasteiger partial charge in [0.15, 0.2) is 0 Å². The number of likely N-dealkylation sites (tertiary alicyclic amines) is 1. The zero-order valence-corrected chi connectivity index (χ0v) is 18.5. The Labute approximate surface area is 189 Å². The van der Waals surface area contributed by atoms with Crippen LogP contribution in [0.4, 0.5) is 5.95 Å². The van der Waals surface area contributed by atoms with Crippen LogP contribution in [0, 0.1) is 0 Å². The van der Waals surface area contributed by atoms with Gasteiger partial charge in [-0.3, -0.25) is 10.00 Å². The number of hydrogen-bond donors (Lipinski definition) is 2. The maximum atomic E-state index is 5.86. The number of aromatic nitrogens is 4. The molecule has 2 N–H and O–H groups in total. The highest BCUT2D eigenvalue weighted by Crippen LogP contribution is 2.24. The molecule has 0 aliphatic carbocycles. The van der Waals surface area contributed by atoms with Gasteiger partial charge in [0, 0.05) is 47.8 Å². The quantitative estimate of drug-likeness (QED) is 0.406. The number of rotatable bonds is 6. The van der Waals surface area contributed by atoms with Crippen molar-refractivity contribution < 1.29 is 4.74 Å². The Balaban J connectivity index is 1.16. The van der Waals surface area contributed by atoms with E-state index in [9.17, 15) is 0 Å². The van der Waals surface area contributed by atoms with Crippen LogP contribution in [0.15, 0.2) is 65.3 Å². The molecule has 0 unspecified atom stereocenters. The third kappa shape index (κ3) is 4.86. The molecule has 1 aliphatic heterocycles. The molecule has 2 aromatic heterocycles. The molecular formula is C23H23BrN6O. The predicted octanol–water partition coefficient (Wildman–Crippen LogP) is 4.98. The highest BCUT2D eigenvalue weighted by molar-refractivity contribution is 9.10. The van der Waals surface area contributed by atoms with Gasteiger partial charge in [0.05, 0.1) is 11.2 Å². The first-order valence-corrected chi connectivity index (χ1v) is 11.2. The molecule has 31 heavy (non-hydrogen) atoms. The average Bonchev–Trinajstić information content (AvgIpc) is 3.18. The molecule has 1 aliphatic rings. The highest BCUT2D eigenvalue weighted by atomic mass is 79.9. The maximum Gasteiger partial charge on any atom is 0.226 e. The lowest BCUT2D eigenvalue weighted by atomic mass is 10.0. The number of anilines is 1. The summed E-state index contributed by atoms with van der Waals surface area (Å²) in [6, 6.07) is 18.1.